The fraction of sp³-hybridized carbons (Fsp3) is 0.500. The first-order valence-corrected chi connectivity index (χ1v) is 5.98. The van der Waals surface area contributed by atoms with Crippen LogP contribution in [0.1, 0.15) is 31.7 Å². The standard InChI is InChI=1S/C12H17Cl2N/c1-4-12(15-3)8(2)10-6-5-9(13)7-11(10)14/h5-8,12,15H,4H2,1-3H3. The van der Waals surface area contributed by atoms with Crippen molar-refractivity contribution in [3.05, 3.63) is 33.8 Å². The number of rotatable bonds is 4. The van der Waals surface area contributed by atoms with Gasteiger partial charge in [0.05, 0.1) is 0 Å². The molecule has 0 aliphatic heterocycles. The van der Waals surface area contributed by atoms with Crippen molar-refractivity contribution >= 4 is 23.2 Å². The van der Waals surface area contributed by atoms with Gasteiger partial charge in [0.1, 0.15) is 0 Å². The molecule has 0 aliphatic carbocycles. The predicted octanol–water partition coefficient (Wildman–Crippen LogP) is 4.09. The Labute approximate surface area is 102 Å². The second-order valence-electron chi connectivity index (χ2n) is 3.76. The Morgan fingerprint density at radius 1 is 1.33 bits per heavy atom. The Morgan fingerprint density at radius 3 is 2.47 bits per heavy atom. The first kappa shape index (κ1) is 12.8. The van der Waals surface area contributed by atoms with E-state index in [1.54, 1.807) is 6.07 Å². The van der Waals surface area contributed by atoms with Crippen LogP contribution in [0.4, 0.5) is 0 Å². The molecule has 0 aliphatic rings. The number of hydrogen-bond acceptors (Lipinski definition) is 1. The third kappa shape index (κ3) is 3.10. The van der Waals surface area contributed by atoms with Gasteiger partial charge in [-0.3, -0.25) is 0 Å². The minimum absolute atomic E-state index is 0.393. The second kappa shape index (κ2) is 5.74. The highest BCUT2D eigenvalue weighted by atomic mass is 35.5. The van der Waals surface area contributed by atoms with Crippen LogP contribution in [0.3, 0.4) is 0 Å². The van der Waals surface area contributed by atoms with Gasteiger partial charge in [-0.05, 0) is 37.1 Å². The molecular weight excluding hydrogens is 229 g/mol. The van der Waals surface area contributed by atoms with Crippen molar-refractivity contribution in [1.29, 1.82) is 0 Å². The quantitative estimate of drug-likeness (QED) is 0.843. The van der Waals surface area contributed by atoms with Gasteiger partial charge < -0.3 is 5.32 Å². The lowest BCUT2D eigenvalue weighted by molar-refractivity contribution is 0.473. The van der Waals surface area contributed by atoms with Gasteiger partial charge in [0.2, 0.25) is 0 Å². The molecule has 0 heterocycles. The van der Waals surface area contributed by atoms with E-state index in [4.69, 9.17) is 23.2 Å². The van der Waals surface area contributed by atoms with E-state index < -0.39 is 0 Å². The molecule has 2 atom stereocenters. The van der Waals surface area contributed by atoms with E-state index >= 15 is 0 Å². The summed E-state index contributed by atoms with van der Waals surface area (Å²) in [5, 5.41) is 4.74. The molecule has 1 N–H and O–H groups in total. The molecule has 0 bridgehead atoms. The van der Waals surface area contributed by atoms with Crippen LogP contribution in [0, 0.1) is 0 Å². The van der Waals surface area contributed by atoms with Gasteiger partial charge in [-0.2, -0.15) is 0 Å². The van der Waals surface area contributed by atoms with Crippen LogP contribution in [0.25, 0.3) is 0 Å². The lowest BCUT2D eigenvalue weighted by atomic mass is 9.92. The summed E-state index contributed by atoms with van der Waals surface area (Å²) in [6.07, 6.45) is 1.08. The summed E-state index contributed by atoms with van der Waals surface area (Å²) < 4.78 is 0. The third-order valence-corrected chi connectivity index (χ3v) is 3.43. The van der Waals surface area contributed by atoms with E-state index in [0.717, 1.165) is 17.0 Å². The molecule has 15 heavy (non-hydrogen) atoms. The topological polar surface area (TPSA) is 12.0 Å². The van der Waals surface area contributed by atoms with Crippen LogP contribution in [-0.4, -0.2) is 13.1 Å². The van der Waals surface area contributed by atoms with Gasteiger partial charge in [0.25, 0.3) is 0 Å². The summed E-state index contributed by atoms with van der Waals surface area (Å²) in [6.45, 7) is 4.35. The molecular formula is C12H17Cl2N. The lowest BCUT2D eigenvalue weighted by Gasteiger charge is -2.23. The largest absolute Gasteiger partial charge is 0.316 e. The fourth-order valence-electron chi connectivity index (χ4n) is 1.90. The zero-order chi connectivity index (χ0) is 11.4. The molecule has 84 valence electrons. The average Bonchev–Trinajstić information content (AvgIpc) is 2.19. The normalized spacial score (nSPS) is 15.0. The minimum Gasteiger partial charge on any atom is -0.316 e. The van der Waals surface area contributed by atoms with Crippen LogP contribution in [0.5, 0.6) is 0 Å². The smallest absolute Gasteiger partial charge is 0.0456 e. The van der Waals surface area contributed by atoms with Crippen molar-refractivity contribution in [2.75, 3.05) is 7.05 Å². The Kier molecular flexibility index (Phi) is 4.91. The van der Waals surface area contributed by atoms with Crippen molar-refractivity contribution in [2.45, 2.75) is 32.2 Å². The van der Waals surface area contributed by atoms with Crippen molar-refractivity contribution in [3.8, 4) is 0 Å². The van der Waals surface area contributed by atoms with E-state index in [1.807, 2.05) is 19.2 Å². The molecule has 0 saturated carbocycles. The highest BCUT2D eigenvalue weighted by Crippen LogP contribution is 2.30. The van der Waals surface area contributed by atoms with E-state index in [-0.39, 0.29) is 0 Å². The van der Waals surface area contributed by atoms with Gasteiger partial charge in [-0.15, -0.1) is 0 Å². The molecule has 0 fully saturated rings. The number of benzene rings is 1. The zero-order valence-electron chi connectivity index (χ0n) is 9.35. The molecule has 0 aromatic heterocycles. The van der Waals surface area contributed by atoms with Gasteiger partial charge in [-0.1, -0.05) is 43.1 Å². The average molecular weight is 246 g/mol. The number of nitrogens with one attached hydrogen (secondary N) is 1. The Morgan fingerprint density at radius 2 is 2.00 bits per heavy atom. The Balaban J connectivity index is 2.94. The summed E-state index contributed by atoms with van der Waals surface area (Å²) in [4.78, 5) is 0. The summed E-state index contributed by atoms with van der Waals surface area (Å²) in [5.74, 6) is 0.393. The monoisotopic (exact) mass is 245 g/mol. The molecule has 0 spiro atoms. The third-order valence-electron chi connectivity index (χ3n) is 2.87. The van der Waals surface area contributed by atoms with Crippen LogP contribution in [0.15, 0.2) is 18.2 Å². The van der Waals surface area contributed by atoms with Crippen LogP contribution < -0.4 is 5.32 Å². The van der Waals surface area contributed by atoms with Crippen LogP contribution in [0.2, 0.25) is 10.0 Å². The second-order valence-corrected chi connectivity index (χ2v) is 4.60. The number of likely N-dealkylation sites (N-methyl/N-ethyl adjacent to an activating group) is 1. The summed E-state index contributed by atoms with van der Waals surface area (Å²) in [6, 6.07) is 6.15. The van der Waals surface area contributed by atoms with E-state index in [0.29, 0.717) is 17.0 Å². The Hall–Kier alpha value is -0.240. The molecule has 1 rings (SSSR count). The van der Waals surface area contributed by atoms with Gasteiger partial charge in [0.15, 0.2) is 0 Å². The molecule has 0 radical (unpaired) electrons. The van der Waals surface area contributed by atoms with Gasteiger partial charge >= 0.3 is 0 Å². The van der Waals surface area contributed by atoms with Crippen molar-refractivity contribution in [1.82, 2.24) is 5.32 Å². The fourth-order valence-corrected chi connectivity index (χ4v) is 2.48. The predicted molar refractivity (Wildman–Crippen MR) is 68.0 cm³/mol. The summed E-state index contributed by atoms with van der Waals surface area (Å²) in [7, 11) is 1.98. The SMILES string of the molecule is CCC(NC)C(C)c1ccc(Cl)cc1Cl. The minimum atomic E-state index is 0.393. The van der Waals surface area contributed by atoms with Crippen molar-refractivity contribution in [2.24, 2.45) is 0 Å². The molecule has 0 saturated heterocycles. The summed E-state index contributed by atoms with van der Waals surface area (Å²) >= 11 is 12.0. The van der Waals surface area contributed by atoms with E-state index in [9.17, 15) is 0 Å². The zero-order valence-corrected chi connectivity index (χ0v) is 10.9. The molecule has 2 unspecified atom stereocenters. The highest BCUT2D eigenvalue weighted by molar-refractivity contribution is 6.35. The molecule has 0 amide bonds. The van der Waals surface area contributed by atoms with Gasteiger partial charge in [0, 0.05) is 16.1 Å². The van der Waals surface area contributed by atoms with Crippen LogP contribution >= 0.6 is 23.2 Å². The van der Waals surface area contributed by atoms with E-state index in [2.05, 4.69) is 19.2 Å². The first-order chi connectivity index (χ1) is 7.10. The van der Waals surface area contributed by atoms with Crippen molar-refractivity contribution in [3.63, 3.8) is 0 Å². The van der Waals surface area contributed by atoms with E-state index in [1.165, 1.54) is 0 Å². The molecule has 1 aromatic carbocycles. The van der Waals surface area contributed by atoms with Crippen LogP contribution in [-0.2, 0) is 0 Å². The first-order valence-electron chi connectivity index (χ1n) is 5.22. The summed E-state index contributed by atoms with van der Waals surface area (Å²) in [5.41, 5.74) is 1.15. The number of hydrogen-bond donors (Lipinski definition) is 1. The maximum Gasteiger partial charge on any atom is 0.0456 e. The molecule has 1 aromatic rings. The highest BCUT2D eigenvalue weighted by Gasteiger charge is 2.17. The lowest BCUT2D eigenvalue weighted by Crippen LogP contribution is -2.30. The molecule has 1 nitrogen and oxygen atoms in total. The maximum atomic E-state index is 6.17. The Bertz CT molecular complexity index is 321. The molecule has 3 heteroatoms. The van der Waals surface area contributed by atoms with Gasteiger partial charge in [-0.25, -0.2) is 0 Å². The number of halogens is 2. The van der Waals surface area contributed by atoms with Crippen molar-refractivity contribution < 1.29 is 0 Å². The maximum absolute atomic E-state index is 6.17.